The highest BCUT2D eigenvalue weighted by Gasteiger charge is 2.28. The summed E-state index contributed by atoms with van der Waals surface area (Å²) in [7, 11) is 1.33. The lowest BCUT2D eigenvalue weighted by Crippen LogP contribution is -2.53. The quantitative estimate of drug-likeness (QED) is 0.492. The van der Waals surface area contributed by atoms with Gasteiger partial charge >= 0.3 is 5.97 Å². The van der Waals surface area contributed by atoms with Gasteiger partial charge in [0.05, 0.1) is 18.8 Å². The predicted molar refractivity (Wildman–Crippen MR) is 135 cm³/mol. The van der Waals surface area contributed by atoms with Gasteiger partial charge < -0.3 is 19.9 Å². The summed E-state index contributed by atoms with van der Waals surface area (Å²) in [4.78, 5) is 33.2. The van der Waals surface area contributed by atoms with Gasteiger partial charge in [-0.05, 0) is 56.2 Å². The molecule has 2 aromatic carbocycles. The normalized spacial score (nSPS) is 15.5. The smallest absolute Gasteiger partial charge is 0.356 e. The Morgan fingerprint density at radius 1 is 1.12 bits per heavy atom. The highest BCUT2D eigenvalue weighted by molar-refractivity contribution is 9.10. The fourth-order valence-corrected chi connectivity index (χ4v) is 4.73. The van der Waals surface area contributed by atoms with E-state index >= 15 is 0 Å². The molecule has 174 valence electrons. The number of benzene rings is 2. The summed E-state index contributed by atoms with van der Waals surface area (Å²) < 4.78 is 5.78. The average Bonchev–Trinajstić information content (AvgIpc) is 3.17. The minimum atomic E-state index is -0.521. The Bertz CT molecular complexity index is 1200. The molecular weight excluding hydrogens is 484 g/mol. The molecule has 4 rings (SSSR count). The maximum absolute atomic E-state index is 13.2. The molecule has 0 radical (unpaired) electrons. The van der Waals surface area contributed by atoms with Gasteiger partial charge in [-0.1, -0.05) is 28.1 Å². The molecule has 0 saturated carbocycles. The van der Waals surface area contributed by atoms with Gasteiger partial charge in [0.15, 0.2) is 0 Å². The lowest BCUT2D eigenvalue weighted by Gasteiger charge is -2.39. The molecular formula is C25H29BrN4O3. The van der Waals surface area contributed by atoms with Gasteiger partial charge in [-0.15, -0.1) is 0 Å². The average molecular weight is 513 g/mol. The van der Waals surface area contributed by atoms with E-state index in [-0.39, 0.29) is 17.6 Å². The van der Waals surface area contributed by atoms with Crippen LogP contribution >= 0.6 is 15.9 Å². The molecule has 3 aromatic rings. The minimum Gasteiger partial charge on any atom is -0.464 e. The molecule has 33 heavy (non-hydrogen) atoms. The fourth-order valence-electron chi connectivity index (χ4n) is 4.37. The number of esters is 1. The van der Waals surface area contributed by atoms with Crippen LogP contribution in [0.15, 0.2) is 40.9 Å². The number of hydrogen-bond acceptors (Lipinski definition) is 5. The number of aryl methyl sites for hydroxylation is 1. The molecule has 1 saturated heterocycles. The van der Waals surface area contributed by atoms with Gasteiger partial charge in [-0.3, -0.25) is 9.69 Å². The molecule has 1 amide bonds. The third-order valence-corrected chi connectivity index (χ3v) is 7.05. The monoisotopic (exact) mass is 512 g/mol. The van der Waals surface area contributed by atoms with Crippen LogP contribution in [-0.4, -0.2) is 61.1 Å². The van der Waals surface area contributed by atoms with E-state index in [4.69, 9.17) is 4.74 Å². The summed E-state index contributed by atoms with van der Waals surface area (Å²) >= 11 is 3.47. The number of aromatic amines is 1. The number of amides is 1. The Balaban J connectivity index is 1.49. The van der Waals surface area contributed by atoms with E-state index in [1.54, 1.807) is 0 Å². The number of nitrogens with zero attached hydrogens (tertiary/aromatic N) is 2. The number of hydrogen-bond donors (Lipinski definition) is 2. The summed E-state index contributed by atoms with van der Waals surface area (Å²) in [5.41, 5.74) is 5.30. The van der Waals surface area contributed by atoms with Gasteiger partial charge in [-0.2, -0.15) is 0 Å². The number of ether oxygens (including phenoxy) is 1. The molecule has 1 atom stereocenters. The minimum absolute atomic E-state index is 0.152. The summed E-state index contributed by atoms with van der Waals surface area (Å²) in [6.07, 6.45) is 0. The molecule has 2 N–H and O–H groups in total. The Morgan fingerprint density at radius 3 is 2.55 bits per heavy atom. The standard InChI is InChI=1S/C25H29BrN4O3/c1-15-6-5-7-21(16(15)2)30-12-10-29(11-13-30)17(3)24(31)28-22-19-14-18(26)8-9-20(19)27-23(22)25(32)33-4/h5-9,14,17,27H,10-13H2,1-4H3,(H,28,31). The zero-order valence-corrected chi connectivity index (χ0v) is 21.0. The number of methoxy groups -OCH3 is 1. The molecule has 1 aromatic heterocycles. The van der Waals surface area contributed by atoms with E-state index in [1.165, 1.54) is 23.9 Å². The second kappa shape index (κ2) is 9.57. The predicted octanol–water partition coefficient (Wildman–Crippen LogP) is 4.48. The first-order valence-corrected chi connectivity index (χ1v) is 11.8. The Hall–Kier alpha value is -2.84. The Morgan fingerprint density at radius 2 is 1.85 bits per heavy atom. The molecule has 1 aliphatic rings. The first-order chi connectivity index (χ1) is 15.8. The van der Waals surface area contributed by atoms with Crippen LogP contribution in [0.4, 0.5) is 11.4 Å². The number of carbonyl (C=O) groups is 2. The van der Waals surface area contributed by atoms with E-state index in [2.05, 4.69) is 68.1 Å². The highest BCUT2D eigenvalue weighted by Crippen LogP contribution is 2.31. The van der Waals surface area contributed by atoms with Gasteiger partial charge in [-0.25, -0.2) is 4.79 Å². The van der Waals surface area contributed by atoms with E-state index in [0.29, 0.717) is 5.69 Å². The second-order valence-corrected chi connectivity index (χ2v) is 9.38. The first-order valence-electron chi connectivity index (χ1n) is 11.1. The van der Waals surface area contributed by atoms with Crippen LogP contribution in [0, 0.1) is 13.8 Å². The summed E-state index contributed by atoms with van der Waals surface area (Å²) in [6.45, 7) is 9.48. The third kappa shape index (κ3) is 4.63. The first kappa shape index (κ1) is 23.3. The topological polar surface area (TPSA) is 77.7 Å². The Labute approximate surface area is 202 Å². The van der Waals surface area contributed by atoms with Gasteiger partial charge in [0.2, 0.25) is 5.91 Å². The maximum atomic E-state index is 13.2. The molecule has 1 fully saturated rings. The lowest BCUT2D eigenvalue weighted by molar-refractivity contribution is -0.120. The number of anilines is 2. The van der Waals surface area contributed by atoms with Crippen molar-refractivity contribution >= 4 is 50.1 Å². The van der Waals surface area contributed by atoms with Crippen molar-refractivity contribution in [1.82, 2.24) is 9.88 Å². The number of nitrogens with one attached hydrogen (secondary N) is 2. The molecule has 2 heterocycles. The lowest BCUT2D eigenvalue weighted by atomic mass is 10.1. The number of carbonyl (C=O) groups excluding carboxylic acids is 2. The van der Waals surface area contributed by atoms with Crippen LogP contribution in [0.5, 0.6) is 0 Å². The molecule has 0 aliphatic carbocycles. The van der Waals surface area contributed by atoms with Crippen molar-refractivity contribution in [3.05, 3.63) is 57.7 Å². The number of halogens is 1. The van der Waals surface area contributed by atoms with Crippen LogP contribution in [0.3, 0.4) is 0 Å². The van der Waals surface area contributed by atoms with E-state index < -0.39 is 5.97 Å². The number of fused-ring (bicyclic) bond motifs is 1. The number of rotatable bonds is 5. The molecule has 1 unspecified atom stereocenters. The molecule has 7 nitrogen and oxygen atoms in total. The van der Waals surface area contributed by atoms with Crippen molar-refractivity contribution in [3.63, 3.8) is 0 Å². The molecule has 8 heteroatoms. The maximum Gasteiger partial charge on any atom is 0.356 e. The molecule has 0 bridgehead atoms. The second-order valence-electron chi connectivity index (χ2n) is 8.46. The van der Waals surface area contributed by atoms with Crippen molar-refractivity contribution < 1.29 is 14.3 Å². The van der Waals surface area contributed by atoms with E-state index in [1.807, 2.05) is 25.1 Å². The zero-order chi connectivity index (χ0) is 23.7. The Kier molecular flexibility index (Phi) is 6.76. The highest BCUT2D eigenvalue weighted by atomic mass is 79.9. The van der Waals surface area contributed by atoms with Crippen molar-refractivity contribution in [2.75, 3.05) is 43.5 Å². The number of H-pyrrole nitrogens is 1. The van der Waals surface area contributed by atoms with Crippen molar-refractivity contribution in [2.45, 2.75) is 26.8 Å². The van der Waals surface area contributed by atoms with E-state index in [0.717, 1.165) is 41.6 Å². The molecule has 1 aliphatic heterocycles. The van der Waals surface area contributed by atoms with E-state index in [9.17, 15) is 9.59 Å². The molecule has 0 spiro atoms. The van der Waals surface area contributed by atoms with Gasteiger partial charge in [0.1, 0.15) is 5.69 Å². The van der Waals surface area contributed by atoms with Gasteiger partial charge in [0.25, 0.3) is 0 Å². The summed E-state index contributed by atoms with van der Waals surface area (Å²) in [5, 5.41) is 3.74. The summed E-state index contributed by atoms with van der Waals surface area (Å²) in [6, 6.07) is 11.7. The van der Waals surface area contributed by atoms with Crippen LogP contribution in [0.25, 0.3) is 10.9 Å². The van der Waals surface area contributed by atoms with Crippen molar-refractivity contribution in [3.8, 4) is 0 Å². The van der Waals surface area contributed by atoms with Crippen LogP contribution in [0.2, 0.25) is 0 Å². The number of piperazine rings is 1. The largest absolute Gasteiger partial charge is 0.464 e. The van der Waals surface area contributed by atoms with Crippen LogP contribution in [-0.2, 0) is 9.53 Å². The fraction of sp³-hybridized carbons (Fsp3) is 0.360. The van der Waals surface area contributed by atoms with Crippen molar-refractivity contribution in [2.24, 2.45) is 0 Å². The van der Waals surface area contributed by atoms with Gasteiger partial charge in [0, 0.05) is 47.2 Å². The number of aromatic nitrogens is 1. The zero-order valence-electron chi connectivity index (χ0n) is 19.4. The third-order valence-electron chi connectivity index (χ3n) is 6.56. The summed E-state index contributed by atoms with van der Waals surface area (Å²) in [5.74, 6) is -0.673. The van der Waals surface area contributed by atoms with Crippen LogP contribution < -0.4 is 10.2 Å². The van der Waals surface area contributed by atoms with Crippen molar-refractivity contribution in [1.29, 1.82) is 0 Å². The van der Waals surface area contributed by atoms with Crippen LogP contribution in [0.1, 0.15) is 28.5 Å². The SMILES string of the molecule is COC(=O)c1[nH]c2ccc(Br)cc2c1NC(=O)C(C)N1CCN(c2cccc(C)c2C)CC1.